The maximum Gasteiger partial charge on any atom is 0.165 e. The summed E-state index contributed by atoms with van der Waals surface area (Å²) in [5.74, 6) is 2.65. The smallest absolute Gasteiger partial charge is 0.165 e. The third kappa shape index (κ3) is 2.26. The fourth-order valence-electron chi connectivity index (χ4n) is 3.96. The van der Waals surface area contributed by atoms with Gasteiger partial charge in [0, 0.05) is 24.1 Å². The molecule has 1 N–H and O–H groups in total. The number of ether oxygens (including phenoxy) is 3. The number of fused-ring (bicyclic) bond motifs is 2. The molecule has 0 amide bonds. The number of rotatable bonds is 1. The van der Waals surface area contributed by atoms with Gasteiger partial charge >= 0.3 is 0 Å². The molecule has 1 unspecified atom stereocenters. The molecule has 1 aromatic carbocycles. The Labute approximate surface area is 125 Å². The van der Waals surface area contributed by atoms with Crippen LogP contribution in [0.3, 0.4) is 0 Å². The molecule has 4 rings (SSSR count). The van der Waals surface area contributed by atoms with E-state index in [4.69, 9.17) is 14.2 Å². The molecular weight excluding hydrogens is 266 g/mol. The van der Waals surface area contributed by atoms with Crippen molar-refractivity contribution in [1.29, 1.82) is 0 Å². The van der Waals surface area contributed by atoms with Crippen molar-refractivity contribution in [1.82, 2.24) is 5.32 Å². The first-order valence-corrected chi connectivity index (χ1v) is 8.09. The minimum Gasteiger partial charge on any atom is -0.487 e. The van der Waals surface area contributed by atoms with Crippen molar-refractivity contribution in [2.24, 2.45) is 0 Å². The monoisotopic (exact) mass is 289 g/mol. The van der Waals surface area contributed by atoms with E-state index in [2.05, 4.69) is 11.4 Å². The molecule has 3 aliphatic rings. The second kappa shape index (κ2) is 5.09. The molecule has 114 valence electrons. The lowest BCUT2D eigenvalue weighted by molar-refractivity contribution is -0.00240. The highest BCUT2D eigenvalue weighted by atomic mass is 16.6. The van der Waals surface area contributed by atoms with Crippen LogP contribution in [0.15, 0.2) is 12.1 Å². The SMILES string of the molecule is CNC1CC2(CCCCC2)Oc2cc3c(cc21)OCCO3. The summed E-state index contributed by atoms with van der Waals surface area (Å²) < 4.78 is 17.9. The average Bonchev–Trinajstić information content (AvgIpc) is 2.53. The van der Waals surface area contributed by atoms with E-state index in [1.165, 1.54) is 37.7 Å². The topological polar surface area (TPSA) is 39.7 Å². The van der Waals surface area contributed by atoms with Crippen LogP contribution in [0, 0.1) is 0 Å². The van der Waals surface area contributed by atoms with Crippen molar-refractivity contribution in [3.05, 3.63) is 17.7 Å². The lowest BCUT2D eigenvalue weighted by Gasteiger charge is -2.44. The Hall–Kier alpha value is -1.42. The second-order valence-electron chi connectivity index (χ2n) is 6.42. The molecule has 0 radical (unpaired) electrons. The molecular formula is C17H23NO3. The van der Waals surface area contributed by atoms with Crippen molar-refractivity contribution in [3.63, 3.8) is 0 Å². The van der Waals surface area contributed by atoms with Crippen LogP contribution in [0.4, 0.5) is 0 Å². The minimum atomic E-state index is 0.0166. The van der Waals surface area contributed by atoms with Crippen LogP contribution < -0.4 is 19.5 Å². The minimum absolute atomic E-state index is 0.0166. The zero-order chi connectivity index (χ0) is 14.3. The van der Waals surface area contributed by atoms with Crippen LogP contribution in [0.25, 0.3) is 0 Å². The fourth-order valence-corrected chi connectivity index (χ4v) is 3.96. The Balaban J connectivity index is 1.73. The van der Waals surface area contributed by atoms with Crippen molar-refractivity contribution in [2.45, 2.75) is 50.2 Å². The van der Waals surface area contributed by atoms with Crippen molar-refractivity contribution in [2.75, 3.05) is 20.3 Å². The van der Waals surface area contributed by atoms with Crippen molar-refractivity contribution < 1.29 is 14.2 Å². The van der Waals surface area contributed by atoms with Gasteiger partial charge in [-0.05, 0) is 38.8 Å². The normalized spacial score (nSPS) is 26.0. The first-order valence-electron chi connectivity index (χ1n) is 8.09. The summed E-state index contributed by atoms with van der Waals surface area (Å²) in [4.78, 5) is 0. The van der Waals surface area contributed by atoms with Crippen LogP contribution in [0.5, 0.6) is 17.2 Å². The standard InChI is InChI=1S/C17H23NO3/c1-18-13-11-17(5-3-2-4-6-17)21-14-10-16-15(9-12(13)14)19-7-8-20-16/h9-10,13,18H,2-8,11H2,1H3. The molecule has 2 heterocycles. The molecule has 0 saturated heterocycles. The molecule has 21 heavy (non-hydrogen) atoms. The number of nitrogens with one attached hydrogen (secondary N) is 1. The molecule has 2 aliphatic heterocycles. The molecule has 4 heteroatoms. The van der Waals surface area contributed by atoms with Crippen LogP contribution in [-0.2, 0) is 0 Å². The molecule has 1 aromatic rings. The molecule has 1 aliphatic carbocycles. The molecule has 0 aromatic heterocycles. The maximum absolute atomic E-state index is 6.48. The van der Waals surface area contributed by atoms with Crippen LogP contribution in [-0.4, -0.2) is 25.9 Å². The fraction of sp³-hybridized carbons (Fsp3) is 0.647. The summed E-state index contributed by atoms with van der Waals surface area (Å²) in [6, 6.07) is 4.47. The summed E-state index contributed by atoms with van der Waals surface area (Å²) in [5.41, 5.74) is 1.22. The largest absolute Gasteiger partial charge is 0.487 e. The molecule has 0 bridgehead atoms. The van der Waals surface area contributed by atoms with Crippen LogP contribution in [0.2, 0.25) is 0 Å². The summed E-state index contributed by atoms with van der Waals surface area (Å²) in [6.07, 6.45) is 7.27. The van der Waals surface area contributed by atoms with E-state index < -0.39 is 0 Å². The summed E-state index contributed by atoms with van der Waals surface area (Å²) in [5, 5.41) is 3.46. The van der Waals surface area contributed by atoms with Crippen LogP contribution in [0.1, 0.15) is 50.1 Å². The average molecular weight is 289 g/mol. The van der Waals surface area contributed by atoms with E-state index in [-0.39, 0.29) is 5.60 Å². The Morgan fingerprint density at radius 1 is 1.00 bits per heavy atom. The van der Waals surface area contributed by atoms with Gasteiger partial charge in [-0.25, -0.2) is 0 Å². The summed E-state index contributed by atoms with van der Waals surface area (Å²) >= 11 is 0. The summed E-state index contributed by atoms with van der Waals surface area (Å²) in [6.45, 7) is 1.24. The van der Waals surface area contributed by atoms with E-state index in [1.807, 2.05) is 13.1 Å². The number of benzene rings is 1. The Morgan fingerprint density at radius 3 is 2.43 bits per heavy atom. The third-order valence-electron chi connectivity index (χ3n) is 5.07. The van der Waals surface area contributed by atoms with Gasteiger partial charge in [-0.1, -0.05) is 6.42 Å². The lowest BCUT2D eigenvalue weighted by Crippen LogP contribution is -2.45. The first kappa shape index (κ1) is 13.3. The molecule has 1 saturated carbocycles. The highest BCUT2D eigenvalue weighted by Crippen LogP contribution is 2.49. The van der Waals surface area contributed by atoms with E-state index in [0.717, 1.165) is 23.7 Å². The van der Waals surface area contributed by atoms with Gasteiger partial charge in [0.25, 0.3) is 0 Å². The van der Waals surface area contributed by atoms with Gasteiger partial charge in [0.1, 0.15) is 24.6 Å². The van der Waals surface area contributed by atoms with Crippen LogP contribution >= 0.6 is 0 Å². The predicted octanol–water partition coefficient (Wildman–Crippen LogP) is 3.20. The first-order chi connectivity index (χ1) is 10.3. The Morgan fingerprint density at radius 2 is 1.71 bits per heavy atom. The van der Waals surface area contributed by atoms with E-state index in [0.29, 0.717) is 19.3 Å². The van der Waals surface area contributed by atoms with Gasteiger partial charge in [0.2, 0.25) is 0 Å². The molecule has 4 nitrogen and oxygen atoms in total. The van der Waals surface area contributed by atoms with Gasteiger partial charge in [-0.2, -0.15) is 0 Å². The summed E-state index contributed by atoms with van der Waals surface area (Å²) in [7, 11) is 2.03. The van der Waals surface area contributed by atoms with Gasteiger partial charge < -0.3 is 19.5 Å². The van der Waals surface area contributed by atoms with Gasteiger partial charge in [0.05, 0.1) is 0 Å². The zero-order valence-electron chi connectivity index (χ0n) is 12.6. The quantitative estimate of drug-likeness (QED) is 0.862. The highest BCUT2D eigenvalue weighted by Gasteiger charge is 2.42. The molecule has 1 fully saturated rings. The zero-order valence-corrected chi connectivity index (χ0v) is 12.6. The highest BCUT2D eigenvalue weighted by molar-refractivity contribution is 5.53. The Bertz CT molecular complexity index is 537. The van der Waals surface area contributed by atoms with Crippen molar-refractivity contribution in [3.8, 4) is 17.2 Å². The number of hydrogen-bond donors (Lipinski definition) is 1. The lowest BCUT2D eigenvalue weighted by atomic mass is 9.77. The van der Waals surface area contributed by atoms with E-state index in [9.17, 15) is 0 Å². The van der Waals surface area contributed by atoms with Gasteiger partial charge in [0.15, 0.2) is 11.5 Å². The van der Waals surface area contributed by atoms with E-state index in [1.54, 1.807) is 0 Å². The maximum atomic E-state index is 6.48. The van der Waals surface area contributed by atoms with E-state index >= 15 is 0 Å². The molecule has 1 atom stereocenters. The predicted molar refractivity (Wildman–Crippen MR) is 80.3 cm³/mol. The molecule has 1 spiro atoms. The van der Waals surface area contributed by atoms with Gasteiger partial charge in [-0.3, -0.25) is 0 Å². The Kier molecular flexibility index (Phi) is 3.21. The van der Waals surface area contributed by atoms with Crippen molar-refractivity contribution >= 4 is 0 Å². The third-order valence-corrected chi connectivity index (χ3v) is 5.07. The number of hydrogen-bond acceptors (Lipinski definition) is 4. The second-order valence-corrected chi connectivity index (χ2v) is 6.42. The van der Waals surface area contributed by atoms with Gasteiger partial charge in [-0.15, -0.1) is 0 Å².